The van der Waals surface area contributed by atoms with E-state index >= 15 is 0 Å². The predicted octanol–water partition coefficient (Wildman–Crippen LogP) is 3.04. The Hall–Kier alpha value is -0.870. The number of nitrogens with one attached hydrogen (secondary N) is 1. The Kier molecular flexibility index (Phi) is 6.22. The Morgan fingerprint density at radius 3 is 2.88 bits per heavy atom. The Morgan fingerprint density at radius 1 is 1.53 bits per heavy atom. The van der Waals surface area contributed by atoms with Crippen molar-refractivity contribution in [2.24, 2.45) is 0 Å². The molecule has 1 aromatic rings. The zero-order valence-corrected chi connectivity index (χ0v) is 11.3. The van der Waals surface area contributed by atoms with Gasteiger partial charge in [0, 0.05) is 11.4 Å². The third-order valence-electron chi connectivity index (χ3n) is 2.87. The average Bonchev–Trinajstić information content (AvgIpc) is 2.76. The van der Waals surface area contributed by atoms with Crippen LogP contribution < -0.4 is 5.32 Å². The second kappa shape index (κ2) is 7.45. The van der Waals surface area contributed by atoms with E-state index in [1.165, 1.54) is 10.4 Å². The highest BCUT2D eigenvalue weighted by Crippen LogP contribution is 2.17. The second-order valence-corrected chi connectivity index (χ2v) is 5.14. The molecule has 0 fully saturated rings. The fourth-order valence-electron chi connectivity index (χ4n) is 1.77. The molecule has 3 nitrogen and oxygen atoms in total. The van der Waals surface area contributed by atoms with Crippen LogP contribution in [-0.4, -0.2) is 17.1 Å². The minimum Gasteiger partial charge on any atom is -0.480 e. The Morgan fingerprint density at radius 2 is 2.29 bits per heavy atom. The molecule has 0 amide bonds. The molecule has 0 aliphatic rings. The Labute approximate surface area is 107 Å². The molecule has 2 N–H and O–H groups in total. The normalized spacial score (nSPS) is 12.6. The summed E-state index contributed by atoms with van der Waals surface area (Å²) in [5, 5.41) is 14.3. The molecule has 0 radical (unpaired) electrons. The van der Waals surface area contributed by atoms with Gasteiger partial charge in [-0.25, -0.2) is 0 Å². The van der Waals surface area contributed by atoms with Crippen molar-refractivity contribution < 1.29 is 9.90 Å². The number of rotatable bonds is 8. The summed E-state index contributed by atoms with van der Waals surface area (Å²) in [5.74, 6) is -0.743. The van der Waals surface area contributed by atoms with E-state index in [0.29, 0.717) is 13.0 Å². The number of unbranched alkanes of at least 4 members (excludes halogenated alkanes) is 1. The van der Waals surface area contributed by atoms with Gasteiger partial charge in [0.2, 0.25) is 0 Å². The summed E-state index contributed by atoms with van der Waals surface area (Å²) in [5.41, 5.74) is 1.32. The summed E-state index contributed by atoms with van der Waals surface area (Å²) >= 11 is 1.70. The average molecular weight is 255 g/mol. The Balaban J connectivity index is 2.48. The molecule has 1 aromatic heterocycles. The quantitative estimate of drug-likeness (QED) is 0.750. The van der Waals surface area contributed by atoms with Gasteiger partial charge in [-0.05, 0) is 29.9 Å². The smallest absolute Gasteiger partial charge is 0.320 e. The van der Waals surface area contributed by atoms with E-state index in [4.69, 9.17) is 5.11 Å². The SMILES string of the molecule is CCCCC(NCc1sccc1CC)C(=O)O. The van der Waals surface area contributed by atoms with Crippen LogP contribution in [0.2, 0.25) is 0 Å². The molecule has 1 unspecified atom stereocenters. The maximum Gasteiger partial charge on any atom is 0.320 e. The third kappa shape index (κ3) is 4.48. The predicted molar refractivity (Wildman–Crippen MR) is 71.5 cm³/mol. The number of hydrogen-bond donors (Lipinski definition) is 2. The number of carbonyl (C=O) groups is 1. The molecule has 0 aliphatic heterocycles. The summed E-state index contributed by atoms with van der Waals surface area (Å²) in [4.78, 5) is 12.3. The standard InChI is InChI=1S/C13H21NO2S/c1-3-5-6-11(13(15)16)14-9-12-10(4-2)7-8-17-12/h7-8,11,14H,3-6,9H2,1-2H3,(H,15,16). The first-order valence-corrected chi connectivity index (χ1v) is 7.08. The van der Waals surface area contributed by atoms with E-state index < -0.39 is 12.0 Å². The molecule has 0 aliphatic carbocycles. The number of aryl methyl sites for hydroxylation is 1. The lowest BCUT2D eigenvalue weighted by molar-refractivity contribution is -0.139. The molecule has 1 rings (SSSR count). The van der Waals surface area contributed by atoms with Gasteiger partial charge in [-0.3, -0.25) is 10.1 Å². The maximum absolute atomic E-state index is 11.1. The number of carboxylic acid groups (broad SMARTS) is 1. The van der Waals surface area contributed by atoms with Crippen LogP contribution in [0, 0.1) is 0 Å². The van der Waals surface area contributed by atoms with Gasteiger partial charge >= 0.3 is 5.97 Å². The highest BCUT2D eigenvalue weighted by Gasteiger charge is 2.16. The first-order chi connectivity index (χ1) is 8.19. The summed E-state index contributed by atoms with van der Waals surface area (Å²) in [6.45, 7) is 4.87. The summed E-state index contributed by atoms with van der Waals surface area (Å²) in [6, 6.07) is 1.70. The molecule has 17 heavy (non-hydrogen) atoms. The van der Waals surface area contributed by atoms with E-state index in [1.807, 2.05) is 0 Å². The van der Waals surface area contributed by atoms with Crippen LogP contribution in [0.4, 0.5) is 0 Å². The van der Waals surface area contributed by atoms with Gasteiger partial charge < -0.3 is 5.11 Å². The number of thiophene rings is 1. The van der Waals surface area contributed by atoms with Gasteiger partial charge in [-0.15, -0.1) is 11.3 Å². The van der Waals surface area contributed by atoms with Crippen LogP contribution in [0.3, 0.4) is 0 Å². The molecule has 0 bridgehead atoms. The van der Waals surface area contributed by atoms with E-state index in [9.17, 15) is 4.79 Å². The number of aliphatic carboxylic acids is 1. The van der Waals surface area contributed by atoms with Crippen LogP contribution in [0.25, 0.3) is 0 Å². The minimum atomic E-state index is -0.743. The molecule has 1 heterocycles. The van der Waals surface area contributed by atoms with E-state index in [-0.39, 0.29) is 0 Å². The van der Waals surface area contributed by atoms with Crippen LogP contribution in [0.15, 0.2) is 11.4 Å². The van der Waals surface area contributed by atoms with Crippen LogP contribution >= 0.6 is 11.3 Å². The van der Waals surface area contributed by atoms with Crippen molar-refractivity contribution in [2.75, 3.05) is 0 Å². The lowest BCUT2D eigenvalue weighted by atomic mass is 10.1. The molecule has 0 aromatic carbocycles. The van der Waals surface area contributed by atoms with Crippen molar-refractivity contribution in [2.45, 2.75) is 52.1 Å². The summed E-state index contributed by atoms with van der Waals surface area (Å²) < 4.78 is 0. The monoisotopic (exact) mass is 255 g/mol. The molecular weight excluding hydrogens is 234 g/mol. The van der Waals surface area contributed by atoms with Gasteiger partial charge in [0.1, 0.15) is 6.04 Å². The van der Waals surface area contributed by atoms with Gasteiger partial charge in [-0.1, -0.05) is 26.7 Å². The molecule has 0 saturated heterocycles. The molecule has 4 heteroatoms. The summed E-state index contributed by atoms with van der Waals surface area (Å²) in [7, 11) is 0. The first-order valence-electron chi connectivity index (χ1n) is 6.20. The largest absolute Gasteiger partial charge is 0.480 e. The maximum atomic E-state index is 11.1. The van der Waals surface area contributed by atoms with Gasteiger partial charge in [0.05, 0.1) is 0 Å². The third-order valence-corrected chi connectivity index (χ3v) is 3.84. The lowest BCUT2D eigenvalue weighted by Gasteiger charge is -2.13. The molecule has 96 valence electrons. The fourth-order valence-corrected chi connectivity index (χ4v) is 2.70. The van der Waals surface area contributed by atoms with Crippen LogP contribution in [-0.2, 0) is 17.8 Å². The number of hydrogen-bond acceptors (Lipinski definition) is 3. The van der Waals surface area contributed by atoms with Crippen molar-refractivity contribution in [3.8, 4) is 0 Å². The highest BCUT2D eigenvalue weighted by atomic mass is 32.1. The van der Waals surface area contributed by atoms with Crippen molar-refractivity contribution >= 4 is 17.3 Å². The van der Waals surface area contributed by atoms with Crippen molar-refractivity contribution in [3.05, 3.63) is 21.9 Å². The van der Waals surface area contributed by atoms with Crippen molar-refractivity contribution in [1.82, 2.24) is 5.32 Å². The van der Waals surface area contributed by atoms with Gasteiger partial charge in [-0.2, -0.15) is 0 Å². The zero-order valence-electron chi connectivity index (χ0n) is 10.5. The van der Waals surface area contributed by atoms with E-state index in [0.717, 1.165) is 19.3 Å². The molecular formula is C13H21NO2S. The lowest BCUT2D eigenvalue weighted by Crippen LogP contribution is -2.36. The highest BCUT2D eigenvalue weighted by molar-refractivity contribution is 7.10. The second-order valence-electron chi connectivity index (χ2n) is 4.14. The van der Waals surface area contributed by atoms with Crippen LogP contribution in [0.1, 0.15) is 43.6 Å². The van der Waals surface area contributed by atoms with E-state index in [2.05, 4.69) is 30.6 Å². The molecule has 1 atom stereocenters. The Bertz CT molecular complexity index is 349. The zero-order chi connectivity index (χ0) is 12.7. The first kappa shape index (κ1) is 14.2. The summed E-state index contributed by atoms with van der Waals surface area (Å²) in [6.07, 6.45) is 3.70. The van der Waals surface area contributed by atoms with E-state index in [1.54, 1.807) is 11.3 Å². The minimum absolute atomic E-state index is 0.415. The fraction of sp³-hybridized carbons (Fsp3) is 0.615. The van der Waals surface area contributed by atoms with Crippen molar-refractivity contribution in [1.29, 1.82) is 0 Å². The number of carboxylic acids is 1. The van der Waals surface area contributed by atoms with Crippen molar-refractivity contribution in [3.63, 3.8) is 0 Å². The topological polar surface area (TPSA) is 49.3 Å². The van der Waals surface area contributed by atoms with Gasteiger partial charge in [0.25, 0.3) is 0 Å². The molecule has 0 spiro atoms. The van der Waals surface area contributed by atoms with Crippen LogP contribution in [0.5, 0.6) is 0 Å². The van der Waals surface area contributed by atoms with Gasteiger partial charge in [0.15, 0.2) is 0 Å². The molecule has 0 saturated carbocycles.